The van der Waals surface area contributed by atoms with E-state index in [4.69, 9.17) is 4.74 Å². The first kappa shape index (κ1) is 31.0. The first-order valence-corrected chi connectivity index (χ1v) is 14.7. The van der Waals surface area contributed by atoms with E-state index >= 15 is 0 Å². The molecule has 0 spiro atoms. The van der Waals surface area contributed by atoms with Gasteiger partial charge in [-0.3, -0.25) is 19.3 Å². The molecule has 0 radical (unpaired) electrons. The van der Waals surface area contributed by atoms with E-state index in [2.05, 4.69) is 5.32 Å². The molecule has 0 aliphatic carbocycles. The number of rotatable bonds is 8. The molecule has 0 fully saturated rings. The summed E-state index contributed by atoms with van der Waals surface area (Å²) in [6, 6.07) is 31.7. The minimum absolute atomic E-state index is 0.150. The van der Waals surface area contributed by atoms with E-state index in [-0.39, 0.29) is 13.1 Å². The number of hydrogen-bond donors (Lipinski definition) is 2. The zero-order valence-electron chi connectivity index (χ0n) is 25.4. The molecule has 2 N–H and O–H groups in total. The average molecular weight is 606 g/mol. The van der Waals surface area contributed by atoms with Crippen molar-refractivity contribution in [2.24, 2.45) is 5.92 Å². The Morgan fingerprint density at radius 1 is 0.756 bits per heavy atom. The zero-order chi connectivity index (χ0) is 32.1. The van der Waals surface area contributed by atoms with E-state index in [1.54, 1.807) is 69.3 Å². The number of hydrogen-bond acceptors (Lipinski definition) is 5. The molecule has 5 rings (SSSR count). The maximum absolute atomic E-state index is 14.0. The number of alkyl carbamates (subject to hydrolysis) is 1. The van der Waals surface area contributed by atoms with Gasteiger partial charge in [-0.1, -0.05) is 78.9 Å². The van der Waals surface area contributed by atoms with Crippen LogP contribution in [0.1, 0.15) is 38.3 Å². The highest BCUT2D eigenvalue weighted by Gasteiger charge is 2.42. The summed E-state index contributed by atoms with van der Waals surface area (Å²) in [6.07, 6.45) is -1.20. The molecule has 9 nitrogen and oxygen atoms in total. The minimum atomic E-state index is -1.44. The Kier molecular flexibility index (Phi) is 8.99. The van der Waals surface area contributed by atoms with E-state index in [9.17, 15) is 24.3 Å². The van der Waals surface area contributed by atoms with Crippen LogP contribution in [0.5, 0.6) is 0 Å². The van der Waals surface area contributed by atoms with Gasteiger partial charge >= 0.3 is 12.1 Å². The van der Waals surface area contributed by atoms with Gasteiger partial charge in [0.25, 0.3) is 0 Å². The number of aliphatic carboxylic acids is 1. The third-order valence-corrected chi connectivity index (χ3v) is 7.31. The average Bonchev–Trinajstić information content (AvgIpc) is 3.09. The number of ether oxygens (including phenoxy) is 1. The summed E-state index contributed by atoms with van der Waals surface area (Å²) in [5, 5.41) is 12.4. The highest BCUT2D eigenvalue weighted by atomic mass is 16.6. The van der Waals surface area contributed by atoms with Gasteiger partial charge in [0, 0.05) is 12.2 Å². The van der Waals surface area contributed by atoms with E-state index in [1.165, 1.54) is 9.80 Å². The van der Waals surface area contributed by atoms with Crippen LogP contribution in [0.15, 0.2) is 103 Å². The molecule has 0 saturated carbocycles. The van der Waals surface area contributed by atoms with Gasteiger partial charge in [0.2, 0.25) is 11.8 Å². The fourth-order valence-electron chi connectivity index (χ4n) is 5.21. The maximum atomic E-state index is 14.0. The number of nitrogens with one attached hydrogen (secondary N) is 1. The predicted molar refractivity (Wildman–Crippen MR) is 172 cm³/mol. The summed E-state index contributed by atoms with van der Waals surface area (Å²) in [5.41, 5.74) is 4.47. The zero-order valence-corrected chi connectivity index (χ0v) is 25.4. The molecule has 0 saturated heterocycles. The molecular formula is C36H35N3O6. The lowest BCUT2D eigenvalue weighted by molar-refractivity contribution is -0.144. The number of benzene rings is 4. The Bertz CT molecular complexity index is 1700. The molecule has 0 bridgehead atoms. The third kappa shape index (κ3) is 7.38. The number of nitrogens with zero attached hydrogens (tertiary/aromatic N) is 2. The Labute approximate surface area is 262 Å². The number of anilines is 3. The monoisotopic (exact) mass is 605 g/mol. The first-order valence-electron chi connectivity index (χ1n) is 14.7. The van der Waals surface area contributed by atoms with Gasteiger partial charge < -0.3 is 20.1 Å². The van der Waals surface area contributed by atoms with Crippen molar-refractivity contribution in [3.05, 3.63) is 114 Å². The Morgan fingerprint density at radius 3 is 1.96 bits per heavy atom. The molecule has 4 aromatic rings. The van der Waals surface area contributed by atoms with Crippen molar-refractivity contribution in [2.75, 3.05) is 9.80 Å². The summed E-state index contributed by atoms with van der Waals surface area (Å²) in [4.78, 5) is 54.9. The quantitative estimate of drug-likeness (QED) is 0.217. The van der Waals surface area contributed by atoms with E-state index in [0.29, 0.717) is 17.1 Å². The lowest BCUT2D eigenvalue weighted by Gasteiger charge is -2.26. The standard InChI is InChI=1S/C36H35N3O6/c1-36(2,3)45-35(44)37-22-24-15-19-28(20-16-24)39-31-12-8-7-11-30(31)38(33(42)29(34(39)43)21-32(40)41)23-25-13-17-27(18-14-25)26-9-5-4-6-10-26/h4-20,29H,21-23H2,1-3H3,(H,37,44)(H,40,41). The second-order valence-electron chi connectivity index (χ2n) is 11.8. The lowest BCUT2D eigenvalue weighted by atomic mass is 10.0. The van der Waals surface area contributed by atoms with Crippen LogP contribution in [0.2, 0.25) is 0 Å². The number of carboxylic acids is 1. The molecule has 9 heteroatoms. The molecule has 1 atom stereocenters. The van der Waals surface area contributed by atoms with Crippen molar-refractivity contribution in [1.29, 1.82) is 0 Å². The second kappa shape index (κ2) is 13.1. The van der Waals surface area contributed by atoms with Crippen LogP contribution < -0.4 is 15.1 Å². The number of carbonyl (C=O) groups excluding carboxylic acids is 3. The second-order valence-corrected chi connectivity index (χ2v) is 11.8. The summed E-state index contributed by atoms with van der Waals surface area (Å²) in [7, 11) is 0. The van der Waals surface area contributed by atoms with Gasteiger partial charge in [-0.05, 0) is 67.3 Å². The minimum Gasteiger partial charge on any atom is -0.481 e. The summed E-state index contributed by atoms with van der Waals surface area (Å²) < 4.78 is 5.29. The summed E-state index contributed by atoms with van der Waals surface area (Å²) in [6.45, 7) is 5.70. The molecule has 230 valence electrons. The Hall–Kier alpha value is -5.44. The van der Waals surface area contributed by atoms with Crippen LogP contribution in [0.4, 0.5) is 21.9 Å². The maximum Gasteiger partial charge on any atom is 0.407 e. The summed E-state index contributed by atoms with van der Waals surface area (Å²) >= 11 is 0. The van der Waals surface area contributed by atoms with Crippen LogP contribution in [0.3, 0.4) is 0 Å². The fourth-order valence-corrected chi connectivity index (χ4v) is 5.21. The van der Waals surface area contributed by atoms with Gasteiger partial charge in [0.1, 0.15) is 11.5 Å². The van der Waals surface area contributed by atoms with Crippen molar-refractivity contribution in [1.82, 2.24) is 5.32 Å². The van der Waals surface area contributed by atoms with E-state index in [1.807, 2.05) is 54.6 Å². The van der Waals surface area contributed by atoms with Crippen LogP contribution in [-0.4, -0.2) is 34.6 Å². The smallest absolute Gasteiger partial charge is 0.407 e. The van der Waals surface area contributed by atoms with Gasteiger partial charge in [-0.25, -0.2) is 4.79 Å². The van der Waals surface area contributed by atoms with Gasteiger partial charge in [-0.2, -0.15) is 0 Å². The van der Waals surface area contributed by atoms with Crippen LogP contribution >= 0.6 is 0 Å². The largest absolute Gasteiger partial charge is 0.481 e. The third-order valence-electron chi connectivity index (χ3n) is 7.31. The highest BCUT2D eigenvalue weighted by molar-refractivity contribution is 6.20. The molecule has 1 heterocycles. The van der Waals surface area contributed by atoms with Gasteiger partial charge in [0.05, 0.1) is 24.3 Å². The molecule has 1 aliphatic heterocycles. The highest BCUT2D eigenvalue weighted by Crippen LogP contribution is 2.40. The molecule has 4 aromatic carbocycles. The van der Waals surface area contributed by atoms with Gasteiger partial charge in [-0.15, -0.1) is 0 Å². The number of para-hydroxylation sites is 2. The molecule has 0 aromatic heterocycles. The topological polar surface area (TPSA) is 116 Å². The van der Waals surface area contributed by atoms with Crippen LogP contribution in [0.25, 0.3) is 11.1 Å². The normalized spacial score (nSPS) is 14.9. The van der Waals surface area contributed by atoms with E-state index < -0.39 is 41.8 Å². The molecule has 1 aliphatic rings. The van der Waals surface area contributed by atoms with Crippen molar-refractivity contribution < 1.29 is 29.0 Å². The fraction of sp³-hybridized carbons (Fsp3) is 0.222. The summed E-state index contributed by atoms with van der Waals surface area (Å²) in [5.74, 6) is -3.89. The van der Waals surface area contributed by atoms with Crippen LogP contribution in [0, 0.1) is 5.92 Å². The Morgan fingerprint density at radius 2 is 1.33 bits per heavy atom. The van der Waals surface area contributed by atoms with Crippen molar-refractivity contribution in [2.45, 2.75) is 45.9 Å². The number of carbonyl (C=O) groups is 4. The molecule has 1 unspecified atom stereocenters. The van der Waals surface area contributed by atoms with Crippen molar-refractivity contribution in [3.63, 3.8) is 0 Å². The number of fused-ring (bicyclic) bond motifs is 1. The van der Waals surface area contributed by atoms with Gasteiger partial charge in [0.15, 0.2) is 0 Å². The van der Waals surface area contributed by atoms with Crippen LogP contribution in [-0.2, 0) is 32.2 Å². The van der Waals surface area contributed by atoms with E-state index in [0.717, 1.165) is 22.3 Å². The molecular weight excluding hydrogens is 570 g/mol. The lowest BCUT2D eigenvalue weighted by Crippen LogP contribution is -2.41. The molecule has 3 amide bonds. The SMILES string of the molecule is CC(C)(C)OC(=O)NCc1ccc(N2C(=O)C(CC(=O)O)C(=O)N(Cc3ccc(-c4ccccc4)cc3)c3ccccc32)cc1. The molecule has 45 heavy (non-hydrogen) atoms. The number of carboxylic acid groups (broad SMARTS) is 1. The van der Waals surface area contributed by atoms with Crippen molar-refractivity contribution >= 4 is 40.9 Å². The van der Waals surface area contributed by atoms with Crippen molar-refractivity contribution in [3.8, 4) is 11.1 Å². The first-order chi connectivity index (χ1) is 21.5. The predicted octanol–water partition coefficient (Wildman–Crippen LogP) is 6.68. The number of amides is 3. The Balaban J connectivity index is 1.46.